The quantitative estimate of drug-likeness (QED) is 0.823. The summed E-state index contributed by atoms with van der Waals surface area (Å²) in [7, 11) is 0. The number of likely N-dealkylation sites (N-methyl/N-ethyl adjacent to an activating group) is 1. The second kappa shape index (κ2) is 6.72. The second-order valence-corrected chi connectivity index (χ2v) is 4.49. The number of nitrogens with one attached hydrogen (secondary N) is 1. The summed E-state index contributed by atoms with van der Waals surface area (Å²) in [6, 6.07) is 5.03. The lowest BCUT2D eigenvalue weighted by molar-refractivity contribution is 0.0613. The Balaban J connectivity index is 2.81. The lowest BCUT2D eigenvalue weighted by Crippen LogP contribution is -2.27. The van der Waals surface area contributed by atoms with Crippen LogP contribution < -0.4 is 5.32 Å². The third kappa shape index (κ3) is 4.44. The van der Waals surface area contributed by atoms with Crippen LogP contribution in [0.4, 0.5) is 4.39 Å². The van der Waals surface area contributed by atoms with E-state index in [9.17, 15) is 4.39 Å². The van der Waals surface area contributed by atoms with Crippen LogP contribution in [-0.4, -0.2) is 19.3 Å². The molecule has 1 atom stereocenters. The van der Waals surface area contributed by atoms with Crippen molar-refractivity contribution in [1.82, 2.24) is 5.32 Å². The minimum absolute atomic E-state index is 0.128. The van der Waals surface area contributed by atoms with Gasteiger partial charge in [0.15, 0.2) is 0 Å². The van der Waals surface area contributed by atoms with Crippen molar-refractivity contribution in [3.63, 3.8) is 0 Å². The maximum atomic E-state index is 13.1. The molecular weight excluding hydrogens is 217 g/mol. The van der Waals surface area contributed by atoms with Gasteiger partial charge in [0.1, 0.15) is 5.82 Å². The zero-order valence-corrected chi connectivity index (χ0v) is 11.1. The number of aryl methyl sites for hydroxylation is 1. The molecule has 0 spiro atoms. The molecular formula is C14H22FNO. The number of hydrogen-bond acceptors (Lipinski definition) is 2. The fraction of sp³-hybridized carbons (Fsp3) is 0.571. The Morgan fingerprint density at radius 1 is 1.35 bits per heavy atom. The first-order valence-corrected chi connectivity index (χ1v) is 6.15. The van der Waals surface area contributed by atoms with E-state index in [4.69, 9.17) is 4.74 Å². The standard InChI is InChI=1S/C14H22FNO/c1-5-16-14(9-17-10(2)3)13-7-6-12(15)8-11(13)4/h6-8,10,14,16H,5,9H2,1-4H3. The molecule has 0 bridgehead atoms. The van der Waals surface area contributed by atoms with E-state index in [-0.39, 0.29) is 18.0 Å². The van der Waals surface area contributed by atoms with Crippen molar-refractivity contribution < 1.29 is 9.13 Å². The maximum absolute atomic E-state index is 13.1. The first-order valence-electron chi connectivity index (χ1n) is 6.15. The molecule has 1 aromatic carbocycles. The molecule has 0 amide bonds. The van der Waals surface area contributed by atoms with E-state index in [1.807, 2.05) is 26.8 Å². The molecule has 0 saturated carbocycles. The topological polar surface area (TPSA) is 21.3 Å². The molecule has 0 radical (unpaired) electrons. The molecule has 0 aliphatic rings. The van der Waals surface area contributed by atoms with Crippen LogP contribution in [0.2, 0.25) is 0 Å². The van der Waals surface area contributed by atoms with Gasteiger partial charge in [-0.25, -0.2) is 4.39 Å². The zero-order valence-electron chi connectivity index (χ0n) is 11.1. The second-order valence-electron chi connectivity index (χ2n) is 4.49. The van der Waals surface area contributed by atoms with Gasteiger partial charge in [0.25, 0.3) is 0 Å². The molecule has 1 aromatic rings. The summed E-state index contributed by atoms with van der Waals surface area (Å²) < 4.78 is 18.7. The highest BCUT2D eigenvalue weighted by molar-refractivity contribution is 5.29. The third-order valence-corrected chi connectivity index (χ3v) is 2.65. The van der Waals surface area contributed by atoms with Crippen LogP contribution in [0.5, 0.6) is 0 Å². The first-order chi connectivity index (χ1) is 8.04. The van der Waals surface area contributed by atoms with E-state index in [0.717, 1.165) is 17.7 Å². The number of rotatable bonds is 6. The molecule has 96 valence electrons. The molecule has 0 aliphatic carbocycles. The molecule has 1 rings (SSSR count). The van der Waals surface area contributed by atoms with Crippen LogP contribution in [-0.2, 0) is 4.74 Å². The van der Waals surface area contributed by atoms with Crippen LogP contribution in [0.3, 0.4) is 0 Å². The van der Waals surface area contributed by atoms with E-state index < -0.39 is 0 Å². The van der Waals surface area contributed by atoms with Crippen molar-refractivity contribution in [3.05, 3.63) is 35.1 Å². The van der Waals surface area contributed by atoms with Gasteiger partial charge in [-0.1, -0.05) is 13.0 Å². The van der Waals surface area contributed by atoms with Gasteiger partial charge in [-0.05, 0) is 50.6 Å². The summed E-state index contributed by atoms with van der Waals surface area (Å²) in [6.45, 7) is 9.49. The van der Waals surface area contributed by atoms with Crippen molar-refractivity contribution >= 4 is 0 Å². The summed E-state index contributed by atoms with van der Waals surface area (Å²) in [5, 5.41) is 3.37. The molecule has 0 aliphatic heterocycles. The highest BCUT2D eigenvalue weighted by Crippen LogP contribution is 2.19. The first kappa shape index (κ1) is 14.1. The van der Waals surface area contributed by atoms with E-state index in [1.165, 1.54) is 6.07 Å². The smallest absolute Gasteiger partial charge is 0.123 e. The van der Waals surface area contributed by atoms with Gasteiger partial charge in [0.2, 0.25) is 0 Å². The van der Waals surface area contributed by atoms with Gasteiger partial charge in [0, 0.05) is 0 Å². The fourth-order valence-corrected chi connectivity index (χ4v) is 1.82. The number of ether oxygens (including phenoxy) is 1. The molecule has 0 aromatic heterocycles. The Hall–Kier alpha value is -0.930. The molecule has 0 saturated heterocycles. The van der Waals surface area contributed by atoms with Crippen molar-refractivity contribution in [3.8, 4) is 0 Å². The summed E-state index contributed by atoms with van der Waals surface area (Å²) in [6.07, 6.45) is 0.205. The van der Waals surface area contributed by atoms with E-state index in [2.05, 4.69) is 12.2 Å². The largest absolute Gasteiger partial charge is 0.377 e. The lowest BCUT2D eigenvalue weighted by atomic mass is 10.0. The van der Waals surface area contributed by atoms with E-state index in [0.29, 0.717) is 6.61 Å². The maximum Gasteiger partial charge on any atom is 0.123 e. The highest BCUT2D eigenvalue weighted by atomic mass is 19.1. The summed E-state index contributed by atoms with van der Waals surface area (Å²) in [4.78, 5) is 0. The van der Waals surface area contributed by atoms with Crippen LogP contribution in [0, 0.1) is 12.7 Å². The summed E-state index contributed by atoms with van der Waals surface area (Å²) >= 11 is 0. The minimum Gasteiger partial charge on any atom is -0.377 e. The third-order valence-electron chi connectivity index (χ3n) is 2.65. The van der Waals surface area contributed by atoms with E-state index in [1.54, 1.807) is 6.07 Å². The Morgan fingerprint density at radius 3 is 2.59 bits per heavy atom. The van der Waals surface area contributed by atoms with Gasteiger partial charge in [-0.3, -0.25) is 0 Å². The van der Waals surface area contributed by atoms with Crippen molar-refractivity contribution in [2.45, 2.75) is 39.8 Å². The average molecular weight is 239 g/mol. The Labute approximate surface area is 103 Å². The number of benzene rings is 1. The SMILES string of the molecule is CCNC(COC(C)C)c1ccc(F)cc1C. The average Bonchev–Trinajstić information content (AvgIpc) is 2.24. The summed E-state index contributed by atoms with van der Waals surface area (Å²) in [5.41, 5.74) is 2.07. The van der Waals surface area contributed by atoms with Crippen molar-refractivity contribution in [1.29, 1.82) is 0 Å². The molecule has 1 unspecified atom stereocenters. The van der Waals surface area contributed by atoms with Gasteiger partial charge in [-0.15, -0.1) is 0 Å². The number of halogens is 1. The Bertz CT molecular complexity index is 352. The fourth-order valence-electron chi connectivity index (χ4n) is 1.82. The Kier molecular flexibility index (Phi) is 5.59. The van der Waals surface area contributed by atoms with Crippen LogP contribution >= 0.6 is 0 Å². The molecule has 17 heavy (non-hydrogen) atoms. The van der Waals surface area contributed by atoms with Gasteiger partial charge < -0.3 is 10.1 Å². The normalized spacial score (nSPS) is 13.1. The van der Waals surface area contributed by atoms with Crippen LogP contribution in [0.25, 0.3) is 0 Å². The van der Waals surface area contributed by atoms with Gasteiger partial charge in [-0.2, -0.15) is 0 Å². The van der Waals surface area contributed by atoms with Crippen molar-refractivity contribution in [2.75, 3.05) is 13.2 Å². The van der Waals surface area contributed by atoms with Gasteiger partial charge >= 0.3 is 0 Å². The lowest BCUT2D eigenvalue weighted by Gasteiger charge is -2.21. The highest BCUT2D eigenvalue weighted by Gasteiger charge is 2.14. The summed E-state index contributed by atoms with van der Waals surface area (Å²) in [5.74, 6) is -0.189. The molecule has 2 nitrogen and oxygen atoms in total. The molecule has 0 fully saturated rings. The Morgan fingerprint density at radius 2 is 2.06 bits per heavy atom. The van der Waals surface area contributed by atoms with E-state index >= 15 is 0 Å². The molecule has 0 heterocycles. The number of hydrogen-bond donors (Lipinski definition) is 1. The molecule has 3 heteroatoms. The predicted molar refractivity (Wildman–Crippen MR) is 68.6 cm³/mol. The van der Waals surface area contributed by atoms with Gasteiger partial charge in [0.05, 0.1) is 18.8 Å². The monoisotopic (exact) mass is 239 g/mol. The zero-order chi connectivity index (χ0) is 12.8. The van der Waals surface area contributed by atoms with Crippen molar-refractivity contribution in [2.24, 2.45) is 0 Å². The predicted octanol–water partition coefficient (Wildman–Crippen LogP) is 3.21. The van der Waals surface area contributed by atoms with Crippen LogP contribution in [0.15, 0.2) is 18.2 Å². The molecule has 1 N–H and O–H groups in total. The van der Waals surface area contributed by atoms with Crippen LogP contribution in [0.1, 0.15) is 37.9 Å². The minimum atomic E-state index is -0.189.